The van der Waals surface area contributed by atoms with E-state index in [-0.39, 0.29) is 5.56 Å². The first-order valence-corrected chi connectivity index (χ1v) is 6.03. The van der Waals surface area contributed by atoms with Crippen LogP contribution in [0.15, 0.2) is 41.5 Å². The van der Waals surface area contributed by atoms with Gasteiger partial charge in [0.25, 0.3) is 0 Å². The summed E-state index contributed by atoms with van der Waals surface area (Å²) in [6.07, 6.45) is 9.60. The summed E-state index contributed by atoms with van der Waals surface area (Å²) in [5.41, 5.74) is 3.98. The van der Waals surface area contributed by atoms with Gasteiger partial charge in [0.15, 0.2) is 0 Å². The molecule has 4 heteroatoms. The maximum absolute atomic E-state index is 10.7. The van der Waals surface area contributed by atoms with Crippen molar-refractivity contribution in [3.63, 3.8) is 0 Å². The number of nitrogens with one attached hydrogen (secondary N) is 1. The molecule has 2 rings (SSSR count). The van der Waals surface area contributed by atoms with Gasteiger partial charge in [-0.15, -0.1) is 0 Å². The van der Waals surface area contributed by atoms with Crippen LogP contribution in [0.1, 0.15) is 29.6 Å². The molecule has 1 aliphatic rings. The Labute approximate surface area is 106 Å². The van der Waals surface area contributed by atoms with Crippen molar-refractivity contribution in [2.24, 2.45) is 11.0 Å². The van der Waals surface area contributed by atoms with Gasteiger partial charge in [-0.1, -0.05) is 12.2 Å². The molecule has 0 spiro atoms. The van der Waals surface area contributed by atoms with Crippen molar-refractivity contribution in [1.29, 1.82) is 0 Å². The van der Waals surface area contributed by atoms with Gasteiger partial charge in [0, 0.05) is 6.21 Å². The Morgan fingerprint density at radius 1 is 1.33 bits per heavy atom. The van der Waals surface area contributed by atoms with Crippen molar-refractivity contribution < 1.29 is 9.90 Å². The van der Waals surface area contributed by atoms with E-state index in [9.17, 15) is 4.79 Å². The molecule has 1 aromatic carbocycles. The number of carboxylic acid groups (broad SMARTS) is 1. The van der Waals surface area contributed by atoms with Crippen molar-refractivity contribution >= 4 is 17.9 Å². The van der Waals surface area contributed by atoms with Crippen LogP contribution in [0.5, 0.6) is 0 Å². The first-order valence-electron chi connectivity index (χ1n) is 6.03. The molecule has 94 valence electrons. The Hall–Kier alpha value is -2.10. The molecule has 0 radical (unpaired) electrons. The number of hydrogen-bond acceptors (Lipinski definition) is 3. The number of rotatable bonds is 4. The summed E-state index contributed by atoms with van der Waals surface area (Å²) >= 11 is 0. The lowest BCUT2D eigenvalue weighted by atomic mass is 9.96. The number of carboxylic acids is 1. The molecule has 1 aliphatic carbocycles. The largest absolute Gasteiger partial charge is 0.478 e. The van der Waals surface area contributed by atoms with Crippen LogP contribution in [0, 0.1) is 5.92 Å². The summed E-state index contributed by atoms with van der Waals surface area (Å²) in [6, 6.07) is 6.54. The molecule has 0 bridgehead atoms. The fourth-order valence-electron chi connectivity index (χ4n) is 1.86. The zero-order chi connectivity index (χ0) is 12.8. The third-order valence-corrected chi connectivity index (χ3v) is 2.92. The first-order chi connectivity index (χ1) is 8.75. The van der Waals surface area contributed by atoms with Crippen LogP contribution < -0.4 is 5.43 Å². The number of hydrazone groups is 1. The molecule has 0 aliphatic heterocycles. The van der Waals surface area contributed by atoms with E-state index in [0.717, 1.165) is 24.9 Å². The molecule has 0 saturated heterocycles. The number of carbonyl (C=O) groups is 1. The van der Waals surface area contributed by atoms with Gasteiger partial charge in [-0.3, -0.25) is 5.43 Å². The lowest BCUT2D eigenvalue weighted by molar-refractivity contribution is 0.0697. The molecule has 18 heavy (non-hydrogen) atoms. The number of anilines is 1. The summed E-state index contributed by atoms with van der Waals surface area (Å²) in [5.74, 6) is -0.417. The number of nitrogens with zero attached hydrogens (tertiary/aromatic N) is 1. The molecule has 2 N–H and O–H groups in total. The van der Waals surface area contributed by atoms with Crippen LogP contribution >= 0.6 is 0 Å². The average Bonchev–Trinajstić information content (AvgIpc) is 2.40. The Kier molecular flexibility index (Phi) is 4.12. The van der Waals surface area contributed by atoms with Gasteiger partial charge in [-0.2, -0.15) is 5.10 Å². The minimum Gasteiger partial charge on any atom is -0.478 e. The van der Waals surface area contributed by atoms with Crippen molar-refractivity contribution in [2.75, 3.05) is 5.43 Å². The van der Waals surface area contributed by atoms with E-state index in [1.807, 2.05) is 6.21 Å². The quantitative estimate of drug-likeness (QED) is 0.486. The summed E-state index contributed by atoms with van der Waals surface area (Å²) < 4.78 is 0. The number of allylic oxidation sites excluding steroid dienone is 2. The molecular weight excluding hydrogens is 228 g/mol. The Morgan fingerprint density at radius 2 is 2.11 bits per heavy atom. The molecule has 0 heterocycles. The van der Waals surface area contributed by atoms with Crippen LogP contribution in [-0.4, -0.2) is 17.3 Å². The topological polar surface area (TPSA) is 61.7 Å². The lowest BCUT2D eigenvalue weighted by Gasteiger charge is -2.11. The van der Waals surface area contributed by atoms with Crippen molar-refractivity contribution in [1.82, 2.24) is 0 Å². The van der Waals surface area contributed by atoms with E-state index in [4.69, 9.17) is 5.11 Å². The van der Waals surface area contributed by atoms with Crippen LogP contribution in [-0.2, 0) is 0 Å². The lowest BCUT2D eigenvalue weighted by Crippen LogP contribution is -2.05. The summed E-state index contributed by atoms with van der Waals surface area (Å²) in [7, 11) is 0. The Bertz CT molecular complexity index is 463. The monoisotopic (exact) mass is 244 g/mol. The second-order valence-electron chi connectivity index (χ2n) is 4.32. The first kappa shape index (κ1) is 12.4. The second kappa shape index (κ2) is 6.00. The molecule has 1 aromatic rings. The SMILES string of the molecule is O=C(O)c1ccc(N/N=C\[C@@H]2CC=CCC2)cc1. The highest BCUT2D eigenvalue weighted by Crippen LogP contribution is 2.16. The van der Waals surface area contributed by atoms with Crippen LogP contribution in [0.3, 0.4) is 0 Å². The Balaban J connectivity index is 1.87. The minimum atomic E-state index is -0.918. The van der Waals surface area contributed by atoms with E-state index in [1.54, 1.807) is 24.3 Å². The minimum absolute atomic E-state index is 0.280. The van der Waals surface area contributed by atoms with Crippen molar-refractivity contribution in [3.8, 4) is 0 Å². The summed E-state index contributed by atoms with van der Waals surface area (Å²) in [4.78, 5) is 10.7. The van der Waals surface area contributed by atoms with Gasteiger partial charge in [0.2, 0.25) is 0 Å². The van der Waals surface area contributed by atoms with E-state index >= 15 is 0 Å². The highest BCUT2D eigenvalue weighted by molar-refractivity contribution is 5.88. The molecule has 0 unspecified atom stereocenters. The predicted molar refractivity (Wildman–Crippen MR) is 72.0 cm³/mol. The fourth-order valence-corrected chi connectivity index (χ4v) is 1.86. The molecule has 4 nitrogen and oxygen atoms in total. The molecule has 0 fully saturated rings. The van der Waals surface area contributed by atoms with E-state index < -0.39 is 5.97 Å². The van der Waals surface area contributed by atoms with Gasteiger partial charge >= 0.3 is 5.97 Å². The third kappa shape index (κ3) is 3.45. The second-order valence-corrected chi connectivity index (χ2v) is 4.32. The average molecular weight is 244 g/mol. The summed E-state index contributed by atoms with van der Waals surface area (Å²) in [5, 5.41) is 12.9. The third-order valence-electron chi connectivity index (χ3n) is 2.92. The standard InChI is InChI=1S/C14H16N2O2/c17-14(18)12-6-8-13(9-7-12)16-15-10-11-4-2-1-3-5-11/h1-2,6-11,16H,3-5H2,(H,17,18)/b15-10-/t11-/m1/s1. The normalized spacial score (nSPS) is 19.0. The van der Waals surface area contributed by atoms with E-state index in [0.29, 0.717) is 5.92 Å². The van der Waals surface area contributed by atoms with Gasteiger partial charge in [0.05, 0.1) is 11.3 Å². The Morgan fingerprint density at radius 3 is 2.72 bits per heavy atom. The summed E-state index contributed by atoms with van der Waals surface area (Å²) in [6.45, 7) is 0. The zero-order valence-corrected chi connectivity index (χ0v) is 10.0. The van der Waals surface area contributed by atoms with E-state index in [1.165, 1.54) is 0 Å². The van der Waals surface area contributed by atoms with Crippen molar-refractivity contribution in [3.05, 3.63) is 42.0 Å². The highest BCUT2D eigenvalue weighted by Gasteiger charge is 2.06. The van der Waals surface area contributed by atoms with Gasteiger partial charge in [-0.25, -0.2) is 4.79 Å². The predicted octanol–water partition coefficient (Wildman–Crippen LogP) is 3.14. The highest BCUT2D eigenvalue weighted by atomic mass is 16.4. The van der Waals surface area contributed by atoms with E-state index in [2.05, 4.69) is 22.7 Å². The van der Waals surface area contributed by atoms with Crippen LogP contribution in [0.25, 0.3) is 0 Å². The fraction of sp³-hybridized carbons (Fsp3) is 0.286. The van der Waals surface area contributed by atoms with Crippen LogP contribution in [0.2, 0.25) is 0 Å². The van der Waals surface area contributed by atoms with Crippen molar-refractivity contribution in [2.45, 2.75) is 19.3 Å². The molecule has 1 atom stereocenters. The van der Waals surface area contributed by atoms with Gasteiger partial charge < -0.3 is 5.11 Å². The van der Waals surface area contributed by atoms with Crippen LogP contribution in [0.4, 0.5) is 5.69 Å². The molecular formula is C14H16N2O2. The zero-order valence-electron chi connectivity index (χ0n) is 10.0. The molecule has 0 saturated carbocycles. The number of benzene rings is 1. The molecule has 0 amide bonds. The molecule has 0 aromatic heterocycles. The number of hydrogen-bond donors (Lipinski definition) is 2. The number of aromatic carboxylic acids is 1. The maximum Gasteiger partial charge on any atom is 0.335 e. The smallest absolute Gasteiger partial charge is 0.335 e. The van der Waals surface area contributed by atoms with Gasteiger partial charge in [0.1, 0.15) is 0 Å². The maximum atomic E-state index is 10.7. The van der Waals surface area contributed by atoms with Gasteiger partial charge in [-0.05, 0) is 49.4 Å².